The van der Waals surface area contributed by atoms with Crippen LogP contribution in [0.2, 0.25) is 0 Å². The highest BCUT2D eigenvalue weighted by atomic mass is 16.5. The molecule has 0 bridgehead atoms. The SMILES string of the molecule is CC(C)(C)c1ccccc1Oc1ncccc1NC(=O)Cc1ccccc1. The first-order valence-electron chi connectivity index (χ1n) is 8.99. The van der Waals surface area contributed by atoms with Gasteiger partial charge in [0, 0.05) is 11.8 Å². The molecule has 0 unspecified atom stereocenters. The fourth-order valence-electron chi connectivity index (χ4n) is 2.82. The normalized spacial score (nSPS) is 11.1. The summed E-state index contributed by atoms with van der Waals surface area (Å²) >= 11 is 0. The Morgan fingerprint density at radius 2 is 1.67 bits per heavy atom. The average molecular weight is 360 g/mol. The number of rotatable bonds is 5. The van der Waals surface area contributed by atoms with Gasteiger partial charge in [-0.1, -0.05) is 69.3 Å². The van der Waals surface area contributed by atoms with Crippen LogP contribution in [0.5, 0.6) is 11.6 Å². The van der Waals surface area contributed by atoms with Gasteiger partial charge in [-0.25, -0.2) is 4.98 Å². The van der Waals surface area contributed by atoms with Gasteiger partial charge in [0.05, 0.1) is 6.42 Å². The number of benzene rings is 2. The highest BCUT2D eigenvalue weighted by Gasteiger charge is 2.20. The van der Waals surface area contributed by atoms with Crippen LogP contribution in [0.1, 0.15) is 31.9 Å². The van der Waals surface area contributed by atoms with Crippen LogP contribution in [-0.2, 0) is 16.6 Å². The van der Waals surface area contributed by atoms with Gasteiger partial charge in [0.15, 0.2) is 0 Å². The van der Waals surface area contributed by atoms with Crippen molar-refractivity contribution >= 4 is 11.6 Å². The van der Waals surface area contributed by atoms with Crippen LogP contribution in [0.15, 0.2) is 72.9 Å². The fraction of sp³-hybridized carbons (Fsp3) is 0.217. The Kier molecular flexibility index (Phi) is 5.55. The molecule has 0 aliphatic heterocycles. The fourth-order valence-corrected chi connectivity index (χ4v) is 2.82. The second-order valence-electron chi connectivity index (χ2n) is 7.41. The predicted molar refractivity (Wildman–Crippen MR) is 108 cm³/mol. The maximum Gasteiger partial charge on any atom is 0.243 e. The van der Waals surface area contributed by atoms with Crippen molar-refractivity contribution in [3.8, 4) is 11.6 Å². The van der Waals surface area contributed by atoms with Gasteiger partial charge in [-0.2, -0.15) is 0 Å². The van der Waals surface area contributed by atoms with Gasteiger partial charge in [-0.15, -0.1) is 0 Å². The van der Waals surface area contributed by atoms with Crippen LogP contribution < -0.4 is 10.1 Å². The van der Waals surface area contributed by atoms with Gasteiger partial charge >= 0.3 is 0 Å². The van der Waals surface area contributed by atoms with Crippen molar-refractivity contribution in [1.82, 2.24) is 4.98 Å². The highest BCUT2D eigenvalue weighted by Crippen LogP contribution is 2.35. The summed E-state index contributed by atoms with van der Waals surface area (Å²) in [6.07, 6.45) is 1.95. The van der Waals surface area contributed by atoms with Crippen LogP contribution >= 0.6 is 0 Å². The average Bonchev–Trinajstić information content (AvgIpc) is 2.64. The molecule has 0 fully saturated rings. The maximum absolute atomic E-state index is 12.4. The summed E-state index contributed by atoms with van der Waals surface area (Å²) < 4.78 is 6.09. The van der Waals surface area contributed by atoms with Crippen LogP contribution in [0.3, 0.4) is 0 Å². The number of carbonyl (C=O) groups excluding carboxylic acids is 1. The molecule has 3 rings (SSSR count). The molecule has 1 amide bonds. The van der Waals surface area contributed by atoms with Crippen molar-refractivity contribution in [3.63, 3.8) is 0 Å². The zero-order valence-electron chi connectivity index (χ0n) is 15.9. The molecule has 3 aromatic rings. The molecule has 0 saturated carbocycles. The standard InChI is InChI=1S/C23H24N2O2/c1-23(2,3)18-12-7-8-14-20(18)27-22-19(13-9-15-24-22)25-21(26)16-17-10-5-4-6-11-17/h4-15H,16H2,1-3H3,(H,25,26). The van der Waals surface area contributed by atoms with E-state index in [-0.39, 0.29) is 11.3 Å². The minimum absolute atomic E-state index is 0.0674. The molecular formula is C23H24N2O2. The van der Waals surface area contributed by atoms with Gasteiger partial charge < -0.3 is 10.1 Å². The predicted octanol–water partition coefficient (Wildman–Crippen LogP) is 5.35. The van der Waals surface area contributed by atoms with Crippen molar-refractivity contribution in [2.75, 3.05) is 5.32 Å². The van der Waals surface area contributed by atoms with E-state index in [1.54, 1.807) is 18.3 Å². The van der Waals surface area contributed by atoms with E-state index in [2.05, 4.69) is 31.1 Å². The second-order valence-corrected chi connectivity index (χ2v) is 7.41. The van der Waals surface area contributed by atoms with E-state index in [4.69, 9.17) is 4.74 Å². The molecule has 0 atom stereocenters. The third-order valence-electron chi connectivity index (χ3n) is 4.15. The first kappa shape index (κ1) is 18.6. The zero-order chi connectivity index (χ0) is 19.3. The summed E-state index contributed by atoms with van der Waals surface area (Å²) in [5.41, 5.74) is 2.53. The summed E-state index contributed by atoms with van der Waals surface area (Å²) in [6, 6.07) is 21.1. The van der Waals surface area contributed by atoms with Crippen LogP contribution in [0, 0.1) is 0 Å². The summed E-state index contributed by atoms with van der Waals surface area (Å²) in [5, 5.41) is 2.91. The van der Waals surface area contributed by atoms with Gasteiger partial charge in [0.25, 0.3) is 0 Å². The number of ether oxygens (including phenoxy) is 1. The summed E-state index contributed by atoms with van der Waals surface area (Å²) in [7, 11) is 0. The molecule has 0 aliphatic carbocycles. The number of anilines is 1. The molecule has 1 aromatic heterocycles. The molecule has 138 valence electrons. The Balaban J connectivity index is 1.80. The third-order valence-corrected chi connectivity index (χ3v) is 4.15. The van der Waals surface area contributed by atoms with Gasteiger partial charge in [-0.05, 0) is 29.2 Å². The smallest absolute Gasteiger partial charge is 0.243 e. The lowest BCUT2D eigenvalue weighted by Gasteiger charge is -2.22. The number of nitrogens with one attached hydrogen (secondary N) is 1. The molecule has 4 nitrogen and oxygen atoms in total. The number of pyridine rings is 1. The summed E-state index contributed by atoms with van der Waals surface area (Å²) in [4.78, 5) is 16.7. The summed E-state index contributed by atoms with van der Waals surface area (Å²) in [6.45, 7) is 6.41. The largest absolute Gasteiger partial charge is 0.437 e. The molecule has 0 saturated heterocycles. The van der Waals surface area contributed by atoms with E-state index >= 15 is 0 Å². The lowest BCUT2D eigenvalue weighted by atomic mass is 9.86. The van der Waals surface area contributed by atoms with Crippen molar-refractivity contribution in [1.29, 1.82) is 0 Å². The zero-order valence-corrected chi connectivity index (χ0v) is 15.9. The quantitative estimate of drug-likeness (QED) is 0.667. The minimum atomic E-state index is -0.108. The number of aromatic nitrogens is 1. The van der Waals surface area contributed by atoms with Gasteiger partial charge in [0.1, 0.15) is 11.4 Å². The van der Waals surface area contributed by atoms with E-state index in [9.17, 15) is 4.79 Å². The third kappa shape index (κ3) is 4.94. The number of carbonyl (C=O) groups is 1. The highest BCUT2D eigenvalue weighted by molar-refractivity contribution is 5.93. The van der Waals surface area contributed by atoms with Crippen LogP contribution in [0.4, 0.5) is 5.69 Å². The Labute approximate surface area is 160 Å². The number of hydrogen-bond acceptors (Lipinski definition) is 3. The first-order valence-corrected chi connectivity index (χ1v) is 8.99. The van der Waals surface area contributed by atoms with E-state index < -0.39 is 0 Å². The van der Waals surface area contributed by atoms with Crippen LogP contribution in [-0.4, -0.2) is 10.9 Å². The van der Waals surface area contributed by atoms with E-state index in [1.165, 1.54) is 0 Å². The molecule has 0 radical (unpaired) electrons. The Morgan fingerprint density at radius 3 is 2.41 bits per heavy atom. The van der Waals surface area contributed by atoms with E-state index in [0.717, 1.165) is 16.9 Å². The van der Waals surface area contributed by atoms with E-state index in [0.29, 0.717) is 18.0 Å². The molecule has 4 heteroatoms. The minimum Gasteiger partial charge on any atom is -0.437 e. The molecule has 0 spiro atoms. The summed E-state index contributed by atoms with van der Waals surface area (Å²) in [5.74, 6) is 1.01. The topological polar surface area (TPSA) is 51.2 Å². The number of para-hydroxylation sites is 1. The van der Waals surface area contributed by atoms with Crippen molar-refractivity contribution in [3.05, 3.63) is 84.1 Å². The number of hydrogen-bond donors (Lipinski definition) is 1. The van der Waals surface area contributed by atoms with Crippen molar-refractivity contribution in [2.45, 2.75) is 32.6 Å². The second kappa shape index (κ2) is 8.04. The van der Waals surface area contributed by atoms with Gasteiger partial charge in [-0.3, -0.25) is 4.79 Å². The maximum atomic E-state index is 12.4. The van der Waals surface area contributed by atoms with E-state index in [1.807, 2.05) is 54.6 Å². The van der Waals surface area contributed by atoms with Crippen LogP contribution in [0.25, 0.3) is 0 Å². The molecule has 0 aliphatic rings. The number of nitrogens with zero attached hydrogens (tertiary/aromatic N) is 1. The Morgan fingerprint density at radius 1 is 0.963 bits per heavy atom. The molecule has 27 heavy (non-hydrogen) atoms. The van der Waals surface area contributed by atoms with Gasteiger partial charge in [0.2, 0.25) is 11.8 Å². The monoisotopic (exact) mass is 360 g/mol. The molecule has 1 N–H and O–H groups in total. The number of amides is 1. The van der Waals surface area contributed by atoms with Crippen molar-refractivity contribution < 1.29 is 9.53 Å². The molecule has 2 aromatic carbocycles. The first-order chi connectivity index (χ1) is 12.9. The lowest BCUT2D eigenvalue weighted by molar-refractivity contribution is -0.115. The lowest BCUT2D eigenvalue weighted by Crippen LogP contribution is -2.16. The van der Waals surface area contributed by atoms with Crippen molar-refractivity contribution in [2.24, 2.45) is 0 Å². The molecule has 1 heterocycles. The Bertz CT molecular complexity index is 915. The molecular weight excluding hydrogens is 336 g/mol. The Hall–Kier alpha value is -3.14.